The predicted octanol–water partition coefficient (Wildman–Crippen LogP) is 5.46. The minimum atomic E-state index is -0.182. The number of benzene rings is 3. The second kappa shape index (κ2) is 10.3. The van der Waals surface area contributed by atoms with Crippen LogP contribution >= 0.6 is 0 Å². The number of nitrogens with one attached hydrogen (secondary N) is 2. The Labute approximate surface area is 195 Å². The number of carbonyl (C=O) groups excluding carboxylic acids is 1. The molecule has 1 heterocycles. The Hall–Kier alpha value is -3.64. The monoisotopic (exact) mass is 441 g/mol. The van der Waals surface area contributed by atoms with Gasteiger partial charge in [0.05, 0.1) is 11.0 Å². The molecule has 170 valence electrons. The first kappa shape index (κ1) is 22.6. The van der Waals surface area contributed by atoms with E-state index in [-0.39, 0.29) is 6.03 Å². The van der Waals surface area contributed by atoms with E-state index < -0.39 is 0 Å². The SMILES string of the molecule is CCN(CC)CCNC(=O)Nc1ccc(-c2ccc3c(c2)nc(C)n3-c2ccccc2)cc1. The van der Waals surface area contributed by atoms with Crippen molar-refractivity contribution < 1.29 is 4.79 Å². The molecule has 6 heteroatoms. The number of hydrogen-bond acceptors (Lipinski definition) is 3. The molecule has 2 amide bonds. The lowest BCUT2D eigenvalue weighted by Crippen LogP contribution is -2.36. The van der Waals surface area contributed by atoms with Gasteiger partial charge in [0, 0.05) is 24.5 Å². The van der Waals surface area contributed by atoms with E-state index in [1.165, 1.54) is 0 Å². The van der Waals surface area contributed by atoms with Gasteiger partial charge in [-0.1, -0.05) is 50.2 Å². The van der Waals surface area contributed by atoms with Crippen LogP contribution in [0.4, 0.5) is 10.5 Å². The van der Waals surface area contributed by atoms with Crippen molar-refractivity contribution in [1.29, 1.82) is 0 Å². The number of aryl methyl sites for hydroxylation is 1. The van der Waals surface area contributed by atoms with E-state index in [2.05, 4.69) is 64.3 Å². The molecule has 6 nitrogen and oxygen atoms in total. The Balaban J connectivity index is 1.44. The van der Waals surface area contributed by atoms with Crippen LogP contribution in [0.2, 0.25) is 0 Å². The average Bonchev–Trinajstić information content (AvgIpc) is 3.17. The molecule has 0 aliphatic rings. The summed E-state index contributed by atoms with van der Waals surface area (Å²) in [6.45, 7) is 9.72. The van der Waals surface area contributed by atoms with Crippen molar-refractivity contribution in [2.24, 2.45) is 0 Å². The van der Waals surface area contributed by atoms with Crippen molar-refractivity contribution >= 4 is 22.8 Å². The summed E-state index contributed by atoms with van der Waals surface area (Å²) in [5.41, 5.74) is 6.10. The van der Waals surface area contributed by atoms with E-state index in [1.54, 1.807) is 0 Å². The average molecular weight is 442 g/mol. The van der Waals surface area contributed by atoms with Gasteiger partial charge in [0.1, 0.15) is 5.82 Å². The van der Waals surface area contributed by atoms with Gasteiger partial charge in [0.25, 0.3) is 0 Å². The van der Waals surface area contributed by atoms with Crippen LogP contribution in [0.3, 0.4) is 0 Å². The summed E-state index contributed by atoms with van der Waals surface area (Å²) in [5, 5.41) is 5.82. The number of nitrogens with zero attached hydrogens (tertiary/aromatic N) is 3. The Morgan fingerprint density at radius 2 is 1.64 bits per heavy atom. The van der Waals surface area contributed by atoms with Crippen LogP contribution in [0.1, 0.15) is 19.7 Å². The molecule has 0 aliphatic heterocycles. The molecule has 3 aromatic carbocycles. The molecule has 1 aromatic heterocycles. The third-order valence-corrected chi connectivity index (χ3v) is 5.92. The molecule has 4 aromatic rings. The van der Waals surface area contributed by atoms with Gasteiger partial charge < -0.3 is 15.5 Å². The number of carbonyl (C=O) groups is 1. The Morgan fingerprint density at radius 3 is 2.33 bits per heavy atom. The largest absolute Gasteiger partial charge is 0.337 e. The van der Waals surface area contributed by atoms with Gasteiger partial charge in [-0.3, -0.25) is 4.57 Å². The van der Waals surface area contributed by atoms with E-state index in [9.17, 15) is 4.79 Å². The number of anilines is 1. The summed E-state index contributed by atoms with van der Waals surface area (Å²) < 4.78 is 2.17. The maximum atomic E-state index is 12.2. The minimum Gasteiger partial charge on any atom is -0.337 e. The zero-order valence-electron chi connectivity index (χ0n) is 19.5. The summed E-state index contributed by atoms with van der Waals surface area (Å²) in [7, 11) is 0. The van der Waals surface area contributed by atoms with Gasteiger partial charge >= 0.3 is 6.03 Å². The summed E-state index contributed by atoms with van der Waals surface area (Å²) >= 11 is 0. The van der Waals surface area contributed by atoms with Crippen LogP contribution in [-0.2, 0) is 0 Å². The van der Waals surface area contributed by atoms with Crippen molar-refractivity contribution in [2.45, 2.75) is 20.8 Å². The molecule has 33 heavy (non-hydrogen) atoms. The zero-order valence-corrected chi connectivity index (χ0v) is 19.5. The van der Waals surface area contributed by atoms with Crippen LogP contribution < -0.4 is 10.6 Å². The molecule has 0 saturated heterocycles. The Bertz CT molecular complexity index is 1210. The van der Waals surface area contributed by atoms with Crippen LogP contribution in [0.15, 0.2) is 72.8 Å². The second-order valence-corrected chi connectivity index (χ2v) is 8.02. The molecule has 0 bridgehead atoms. The summed E-state index contributed by atoms with van der Waals surface area (Å²) in [6, 6.07) is 24.3. The van der Waals surface area contributed by atoms with Gasteiger partial charge in [-0.15, -0.1) is 0 Å². The first-order chi connectivity index (χ1) is 16.1. The number of urea groups is 1. The highest BCUT2D eigenvalue weighted by Gasteiger charge is 2.11. The van der Waals surface area contributed by atoms with E-state index >= 15 is 0 Å². The molecular formula is C27H31N5O. The summed E-state index contributed by atoms with van der Waals surface area (Å²) in [6.07, 6.45) is 0. The van der Waals surface area contributed by atoms with Crippen molar-refractivity contribution in [1.82, 2.24) is 19.8 Å². The third-order valence-electron chi connectivity index (χ3n) is 5.92. The lowest BCUT2D eigenvalue weighted by atomic mass is 10.0. The fourth-order valence-electron chi connectivity index (χ4n) is 4.07. The first-order valence-corrected chi connectivity index (χ1v) is 11.5. The summed E-state index contributed by atoms with van der Waals surface area (Å²) in [4.78, 5) is 19.2. The van der Waals surface area contributed by atoms with Gasteiger partial charge in [-0.2, -0.15) is 0 Å². The Morgan fingerprint density at radius 1 is 0.939 bits per heavy atom. The molecule has 0 aliphatic carbocycles. The quantitative estimate of drug-likeness (QED) is 0.381. The van der Waals surface area contributed by atoms with Gasteiger partial charge in [-0.25, -0.2) is 9.78 Å². The molecule has 4 rings (SSSR count). The van der Waals surface area contributed by atoms with Crippen molar-refractivity contribution in [3.05, 3.63) is 78.6 Å². The highest BCUT2D eigenvalue weighted by atomic mass is 16.2. The maximum Gasteiger partial charge on any atom is 0.319 e. The van der Waals surface area contributed by atoms with Crippen molar-refractivity contribution in [3.8, 4) is 16.8 Å². The number of rotatable bonds is 8. The number of aromatic nitrogens is 2. The molecule has 0 radical (unpaired) electrons. The summed E-state index contributed by atoms with van der Waals surface area (Å²) in [5.74, 6) is 0.958. The standard InChI is InChI=1S/C27H31N5O/c1-4-31(5-2)18-17-28-27(33)30-23-14-11-21(12-15-23)22-13-16-26-25(19-22)29-20(3)32(26)24-9-7-6-8-10-24/h6-16,19H,4-5,17-18H2,1-3H3,(H2,28,30,33). The van der Waals surface area contributed by atoms with E-state index in [4.69, 9.17) is 4.98 Å². The fourth-order valence-corrected chi connectivity index (χ4v) is 4.07. The number of likely N-dealkylation sites (N-methyl/N-ethyl adjacent to an activating group) is 1. The molecule has 2 N–H and O–H groups in total. The van der Waals surface area contributed by atoms with Crippen LogP contribution in [-0.4, -0.2) is 46.7 Å². The lowest BCUT2D eigenvalue weighted by molar-refractivity contribution is 0.248. The van der Waals surface area contributed by atoms with Crippen LogP contribution in [0.25, 0.3) is 27.8 Å². The van der Waals surface area contributed by atoms with E-state index in [1.807, 2.05) is 49.4 Å². The van der Waals surface area contributed by atoms with E-state index in [0.29, 0.717) is 6.54 Å². The number of imidazole rings is 1. The number of amides is 2. The highest BCUT2D eigenvalue weighted by molar-refractivity contribution is 5.90. The number of hydrogen-bond donors (Lipinski definition) is 2. The lowest BCUT2D eigenvalue weighted by Gasteiger charge is -2.18. The molecule has 0 fully saturated rings. The normalized spacial score (nSPS) is 11.2. The second-order valence-electron chi connectivity index (χ2n) is 8.02. The topological polar surface area (TPSA) is 62.2 Å². The van der Waals surface area contributed by atoms with Gasteiger partial charge in [0.15, 0.2) is 0 Å². The molecule has 0 spiro atoms. The zero-order chi connectivity index (χ0) is 23.2. The Kier molecular flexibility index (Phi) is 7.05. The van der Waals surface area contributed by atoms with Gasteiger partial charge in [-0.05, 0) is 67.5 Å². The highest BCUT2D eigenvalue weighted by Crippen LogP contribution is 2.27. The van der Waals surface area contributed by atoms with Crippen LogP contribution in [0, 0.1) is 6.92 Å². The molecular weight excluding hydrogens is 410 g/mol. The molecule has 0 unspecified atom stereocenters. The number of fused-ring (bicyclic) bond motifs is 1. The van der Waals surface area contributed by atoms with Gasteiger partial charge in [0.2, 0.25) is 0 Å². The minimum absolute atomic E-state index is 0.182. The molecule has 0 atom stereocenters. The maximum absolute atomic E-state index is 12.2. The first-order valence-electron chi connectivity index (χ1n) is 11.5. The van der Waals surface area contributed by atoms with Crippen LogP contribution in [0.5, 0.6) is 0 Å². The smallest absolute Gasteiger partial charge is 0.319 e. The number of para-hydroxylation sites is 1. The third kappa shape index (κ3) is 5.23. The predicted molar refractivity (Wildman–Crippen MR) is 136 cm³/mol. The van der Waals surface area contributed by atoms with Crippen molar-refractivity contribution in [3.63, 3.8) is 0 Å². The fraction of sp³-hybridized carbons (Fsp3) is 0.259. The molecule has 0 saturated carbocycles. The van der Waals surface area contributed by atoms with E-state index in [0.717, 1.165) is 59.0 Å². The van der Waals surface area contributed by atoms with Crippen molar-refractivity contribution in [2.75, 3.05) is 31.5 Å².